The first-order chi connectivity index (χ1) is 8.25. The third-order valence-electron chi connectivity index (χ3n) is 2.64. The van der Waals surface area contributed by atoms with Gasteiger partial charge in [0.15, 0.2) is 0 Å². The average Bonchev–Trinajstić information content (AvgIpc) is 2.75. The third kappa shape index (κ3) is 3.43. The van der Waals surface area contributed by atoms with Gasteiger partial charge in [0.05, 0.1) is 6.42 Å². The summed E-state index contributed by atoms with van der Waals surface area (Å²) in [5.41, 5.74) is 2.52. The predicted octanol–water partition coefficient (Wildman–Crippen LogP) is 3.36. The molecule has 0 atom stereocenters. The van der Waals surface area contributed by atoms with Gasteiger partial charge in [0, 0.05) is 4.88 Å². The minimum atomic E-state index is -0.732. The number of rotatable bonds is 5. The number of carboxylic acids is 1. The largest absolute Gasteiger partial charge is 0.481 e. The molecule has 0 saturated carbocycles. The van der Waals surface area contributed by atoms with Crippen molar-refractivity contribution < 1.29 is 9.90 Å². The van der Waals surface area contributed by atoms with Crippen LogP contribution >= 0.6 is 11.3 Å². The molecular weight excluding hydrogens is 232 g/mol. The number of aliphatic carboxylic acids is 1. The van der Waals surface area contributed by atoms with E-state index in [4.69, 9.17) is 5.11 Å². The van der Waals surface area contributed by atoms with Crippen LogP contribution in [0.15, 0.2) is 41.8 Å². The average molecular weight is 246 g/mol. The molecule has 2 nitrogen and oxygen atoms in total. The van der Waals surface area contributed by atoms with Crippen LogP contribution in [0.4, 0.5) is 0 Å². The van der Waals surface area contributed by atoms with Crippen LogP contribution in [0.5, 0.6) is 0 Å². The molecule has 0 aliphatic heterocycles. The molecule has 1 N–H and O–H groups in total. The maximum Gasteiger partial charge on any atom is 0.303 e. The molecule has 0 saturated heterocycles. The number of carbonyl (C=O) groups is 1. The van der Waals surface area contributed by atoms with Gasteiger partial charge in [-0.1, -0.05) is 30.3 Å². The van der Waals surface area contributed by atoms with Gasteiger partial charge in [-0.05, 0) is 35.4 Å². The second-order valence-corrected chi connectivity index (χ2v) is 4.93. The molecule has 0 fully saturated rings. The summed E-state index contributed by atoms with van der Waals surface area (Å²) in [7, 11) is 0. The zero-order chi connectivity index (χ0) is 12.1. The van der Waals surface area contributed by atoms with Gasteiger partial charge >= 0.3 is 5.97 Å². The normalized spacial score (nSPS) is 10.4. The Hall–Kier alpha value is -1.61. The quantitative estimate of drug-likeness (QED) is 0.878. The van der Waals surface area contributed by atoms with Crippen LogP contribution in [0.25, 0.3) is 0 Å². The van der Waals surface area contributed by atoms with Gasteiger partial charge < -0.3 is 5.11 Å². The predicted molar refractivity (Wildman–Crippen MR) is 69.5 cm³/mol. The second-order valence-electron chi connectivity index (χ2n) is 3.93. The van der Waals surface area contributed by atoms with Crippen molar-refractivity contribution >= 4 is 17.3 Å². The molecule has 2 aromatic rings. The van der Waals surface area contributed by atoms with Gasteiger partial charge in [-0.2, -0.15) is 0 Å². The lowest BCUT2D eigenvalue weighted by atomic mass is 10.0. The first-order valence-electron chi connectivity index (χ1n) is 5.56. The van der Waals surface area contributed by atoms with Crippen molar-refractivity contribution in [3.05, 3.63) is 57.8 Å². The number of carboxylic acid groups (broad SMARTS) is 1. The summed E-state index contributed by atoms with van der Waals surface area (Å²) in [6.45, 7) is 0. The molecule has 0 bridgehead atoms. The van der Waals surface area contributed by atoms with Gasteiger partial charge in [0.1, 0.15) is 0 Å². The minimum Gasteiger partial charge on any atom is -0.481 e. The van der Waals surface area contributed by atoms with Crippen LogP contribution in [0, 0.1) is 0 Å². The number of aryl methyl sites for hydroxylation is 1. The summed E-state index contributed by atoms with van der Waals surface area (Å²) in [6, 6.07) is 12.3. The zero-order valence-electron chi connectivity index (χ0n) is 9.43. The summed E-state index contributed by atoms with van der Waals surface area (Å²) >= 11 is 1.65. The molecule has 1 aromatic carbocycles. The van der Waals surface area contributed by atoms with E-state index in [1.165, 1.54) is 16.0 Å². The van der Waals surface area contributed by atoms with Crippen LogP contribution in [0.3, 0.4) is 0 Å². The Balaban J connectivity index is 2.06. The van der Waals surface area contributed by atoms with Crippen LogP contribution in [-0.2, 0) is 17.6 Å². The summed E-state index contributed by atoms with van der Waals surface area (Å²) in [5, 5.41) is 10.7. The first-order valence-corrected chi connectivity index (χ1v) is 6.44. The molecule has 1 aromatic heterocycles. The van der Waals surface area contributed by atoms with Gasteiger partial charge in [-0.15, -0.1) is 11.3 Å². The van der Waals surface area contributed by atoms with Crippen molar-refractivity contribution in [3.8, 4) is 0 Å². The van der Waals surface area contributed by atoms with Crippen LogP contribution in [0.2, 0.25) is 0 Å². The van der Waals surface area contributed by atoms with Crippen molar-refractivity contribution in [2.75, 3.05) is 0 Å². The van der Waals surface area contributed by atoms with E-state index < -0.39 is 5.97 Å². The smallest absolute Gasteiger partial charge is 0.303 e. The highest BCUT2D eigenvalue weighted by Crippen LogP contribution is 2.21. The summed E-state index contributed by atoms with van der Waals surface area (Å²) in [6.07, 6.45) is 1.73. The molecule has 0 aliphatic carbocycles. The molecule has 1 heterocycles. The lowest BCUT2D eigenvalue weighted by Crippen LogP contribution is -1.98. The molecule has 2 rings (SSSR count). The molecular formula is C14H14O2S. The molecule has 0 aliphatic rings. The Morgan fingerprint density at radius 2 is 1.94 bits per heavy atom. The van der Waals surface area contributed by atoms with E-state index in [0.717, 1.165) is 6.42 Å². The van der Waals surface area contributed by atoms with E-state index in [1.807, 2.05) is 23.6 Å². The van der Waals surface area contributed by atoms with Crippen molar-refractivity contribution in [3.63, 3.8) is 0 Å². The molecule has 17 heavy (non-hydrogen) atoms. The molecule has 0 radical (unpaired) electrons. The van der Waals surface area contributed by atoms with E-state index in [9.17, 15) is 4.79 Å². The van der Waals surface area contributed by atoms with E-state index in [2.05, 4.69) is 18.2 Å². The number of hydrogen-bond donors (Lipinski definition) is 1. The SMILES string of the molecule is O=C(O)CCc1sccc1Cc1ccccc1. The zero-order valence-corrected chi connectivity index (χ0v) is 10.2. The van der Waals surface area contributed by atoms with Crippen molar-refractivity contribution in [2.24, 2.45) is 0 Å². The molecule has 88 valence electrons. The minimum absolute atomic E-state index is 0.211. The third-order valence-corrected chi connectivity index (χ3v) is 3.66. The molecule has 3 heteroatoms. The monoisotopic (exact) mass is 246 g/mol. The van der Waals surface area contributed by atoms with Gasteiger partial charge in [-0.25, -0.2) is 0 Å². The summed E-state index contributed by atoms with van der Waals surface area (Å²) < 4.78 is 0. The second kappa shape index (κ2) is 5.64. The Morgan fingerprint density at radius 3 is 2.65 bits per heavy atom. The van der Waals surface area contributed by atoms with E-state index in [-0.39, 0.29) is 6.42 Å². The first kappa shape index (κ1) is 11.9. The molecule has 0 amide bonds. The van der Waals surface area contributed by atoms with Crippen LogP contribution in [0.1, 0.15) is 22.4 Å². The van der Waals surface area contributed by atoms with Crippen LogP contribution < -0.4 is 0 Å². The van der Waals surface area contributed by atoms with Crippen molar-refractivity contribution in [1.82, 2.24) is 0 Å². The standard InChI is InChI=1S/C14H14O2S/c15-14(16)7-6-13-12(8-9-17-13)10-11-4-2-1-3-5-11/h1-5,8-9H,6-7,10H2,(H,15,16). The van der Waals surface area contributed by atoms with Gasteiger partial charge in [0.25, 0.3) is 0 Å². The lowest BCUT2D eigenvalue weighted by molar-refractivity contribution is -0.136. The Labute approximate surface area is 105 Å². The van der Waals surface area contributed by atoms with E-state index >= 15 is 0 Å². The Bertz CT molecular complexity index is 488. The summed E-state index contributed by atoms with van der Waals surface area (Å²) in [4.78, 5) is 11.8. The van der Waals surface area contributed by atoms with Crippen molar-refractivity contribution in [1.29, 1.82) is 0 Å². The maximum absolute atomic E-state index is 10.6. The van der Waals surface area contributed by atoms with E-state index in [1.54, 1.807) is 11.3 Å². The Kier molecular flexibility index (Phi) is 3.94. The fourth-order valence-corrected chi connectivity index (χ4v) is 2.69. The molecule has 0 unspecified atom stereocenters. The highest BCUT2D eigenvalue weighted by Gasteiger charge is 2.07. The van der Waals surface area contributed by atoms with E-state index in [0.29, 0.717) is 6.42 Å². The maximum atomic E-state index is 10.6. The highest BCUT2D eigenvalue weighted by atomic mass is 32.1. The highest BCUT2D eigenvalue weighted by molar-refractivity contribution is 7.10. The van der Waals surface area contributed by atoms with Crippen molar-refractivity contribution in [2.45, 2.75) is 19.3 Å². The topological polar surface area (TPSA) is 37.3 Å². The van der Waals surface area contributed by atoms with Gasteiger partial charge in [0.2, 0.25) is 0 Å². The van der Waals surface area contributed by atoms with Gasteiger partial charge in [-0.3, -0.25) is 4.79 Å². The fraction of sp³-hybridized carbons (Fsp3) is 0.214. The number of benzene rings is 1. The number of thiophene rings is 1. The number of hydrogen-bond acceptors (Lipinski definition) is 2. The molecule has 0 spiro atoms. The fourth-order valence-electron chi connectivity index (χ4n) is 1.78. The van der Waals surface area contributed by atoms with Crippen LogP contribution in [-0.4, -0.2) is 11.1 Å². The summed E-state index contributed by atoms with van der Waals surface area (Å²) in [5.74, 6) is -0.732. The lowest BCUT2D eigenvalue weighted by Gasteiger charge is -2.03. The Morgan fingerprint density at radius 1 is 1.18 bits per heavy atom.